The lowest BCUT2D eigenvalue weighted by molar-refractivity contribution is -0.135. The number of hydrogen-bond acceptors (Lipinski definition) is 4. The Kier molecular flexibility index (Phi) is 5.30. The monoisotopic (exact) mass is 340 g/mol. The van der Waals surface area contributed by atoms with Crippen molar-refractivity contribution < 1.29 is 23.4 Å². The highest BCUT2D eigenvalue weighted by Gasteiger charge is 2.33. The molecule has 1 aromatic carbocycles. The molecule has 1 N–H and O–H groups in total. The van der Waals surface area contributed by atoms with Crippen LogP contribution in [0.4, 0.5) is 8.78 Å². The number of amides is 1. The van der Waals surface area contributed by atoms with E-state index in [-0.39, 0.29) is 30.4 Å². The van der Waals surface area contributed by atoms with Gasteiger partial charge in [-0.25, -0.2) is 8.78 Å². The van der Waals surface area contributed by atoms with E-state index >= 15 is 0 Å². The molecule has 132 valence electrons. The van der Waals surface area contributed by atoms with Crippen molar-refractivity contribution in [3.63, 3.8) is 0 Å². The third kappa shape index (κ3) is 3.84. The Hall–Kier alpha value is -1.73. The zero-order valence-corrected chi connectivity index (χ0v) is 13.5. The van der Waals surface area contributed by atoms with Crippen molar-refractivity contribution in [2.24, 2.45) is 0 Å². The summed E-state index contributed by atoms with van der Waals surface area (Å²) in [7, 11) is 0. The molecule has 5 nitrogen and oxygen atoms in total. The molecule has 1 saturated carbocycles. The van der Waals surface area contributed by atoms with E-state index in [0.29, 0.717) is 26.2 Å². The van der Waals surface area contributed by atoms with Crippen molar-refractivity contribution >= 4 is 5.91 Å². The Morgan fingerprint density at radius 2 is 1.96 bits per heavy atom. The number of ether oxygens (including phenoxy) is 1. The van der Waals surface area contributed by atoms with Crippen LogP contribution in [0.1, 0.15) is 19.3 Å². The highest BCUT2D eigenvalue weighted by atomic mass is 19.1. The third-order valence-corrected chi connectivity index (χ3v) is 4.82. The smallest absolute Gasteiger partial charge is 0.260 e. The van der Waals surface area contributed by atoms with E-state index in [9.17, 15) is 18.7 Å². The third-order valence-electron chi connectivity index (χ3n) is 4.82. The Balaban J connectivity index is 1.47. The molecule has 1 amide bonds. The first-order valence-electron chi connectivity index (χ1n) is 8.32. The summed E-state index contributed by atoms with van der Waals surface area (Å²) >= 11 is 0. The van der Waals surface area contributed by atoms with E-state index < -0.39 is 11.6 Å². The lowest BCUT2D eigenvalue weighted by atomic mass is 10.1. The van der Waals surface area contributed by atoms with Gasteiger partial charge >= 0.3 is 0 Å². The highest BCUT2D eigenvalue weighted by Crippen LogP contribution is 2.25. The molecular formula is C17H22F2N2O3. The van der Waals surface area contributed by atoms with E-state index in [1.165, 1.54) is 0 Å². The molecule has 0 aromatic heterocycles. The molecule has 0 bridgehead atoms. The zero-order valence-electron chi connectivity index (χ0n) is 13.5. The molecule has 0 radical (unpaired) electrons. The van der Waals surface area contributed by atoms with Crippen LogP contribution in [0.5, 0.6) is 5.75 Å². The zero-order chi connectivity index (χ0) is 17.1. The average molecular weight is 340 g/mol. The van der Waals surface area contributed by atoms with Crippen LogP contribution in [0.3, 0.4) is 0 Å². The van der Waals surface area contributed by atoms with Gasteiger partial charge in [-0.05, 0) is 31.4 Å². The van der Waals surface area contributed by atoms with Gasteiger partial charge in [-0.3, -0.25) is 9.69 Å². The van der Waals surface area contributed by atoms with Crippen LogP contribution >= 0.6 is 0 Å². The largest absolute Gasteiger partial charge is 0.481 e. The molecule has 1 saturated heterocycles. The minimum atomic E-state index is -0.691. The van der Waals surface area contributed by atoms with Crippen LogP contribution in [0.15, 0.2) is 18.2 Å². The fourth-order valence-electron chi connectivity index (χ4n) is 3.47. The lowest BCUT2D eigenvalue weighted by Crippen LogP contribution is -2.54. The summed E-state index contributed by atoms with van der Waals surface area (Å²) in [5, 5.41) is 9.97. The number of hydrogen-bond donors (Lipinski definition) is 1. The number of piperazine rings is 1. The molecule has 0 spiro atoms. The SMILES string of the molecule is O=C(COc1cc(F)ccc1F)N1CCN([C@@H]2CCC[C@H]2O)CC1. The number of benzene rings is 1. The first-order chi connectivity index (χ1) is 11.5. The van der Waals surface area contributed by atoms with Crippen molar-refractivity contribution in [1.29, 1.82) is 0 Å². The predicted molar refractivity (Wildman–Crippen MR) is 83.7 cm³/mol. The van der Waals surface area contributed by atoms with Gasteiger partial charge in [0.2, 0.25) is 0 Å². The lowest BCUT2D eigenvalue weighted by Gasteiger charge is -2.39. The van der Waals surface area contributed by atoms with Gasteiger partial charge in [-0.15, -0.1) is 0 Å². The average Bonchev–Trinajstić information content (AvgIpc) is 3.01. The standard InChI is InChI=1S/C17H22F2N2O3/c18-12-4-5-13(19)16(10-12)24-11-17(23)21-8-6-20(7-9-21)14-2-1-3-15(14)22/h4-5,10,14-15,22H,1-3,6-9,11H2/t14-,15-/m1/s1. The number of aliphatic hydroxyl groups excluding tert-OH is 1. The molecule has 0 unspecified atom stereocenters. The second kappa shape index (κ2) is 7.44. The fraction of sp³-hybridized carbons (Fsp3) is 0.588. The molecule has 2 atom stereocenters. The maximum Gasteiger partial charge on any atom is 0.260 e. The van der Waals surface area contributed by atoms with Gasteiger partial charge in [-0.2, -0.15) is 0 Å². The number of carbonyl (C=O) groups is 1. The van der Waals surface area contributed by atoms with Gasteiger partial charge in [0.1, 0.15) is 5.82 Å². The molecule has 1 aromatic rings. The topological polar surface area (TPSA) is 53.0 Å². The van der Waals surface area contributed by atoms with Crippen LogP contribution in [0.2, 0.25) is 0 Å². The fourth-order valence-corrected chi connectivity index (χ4v) is 3.47. The van der Waals surface area contributed by atoms with Gasteiger partial charge in [0.15, 0.2) is 18.2 Å². The summed E-state index contributed by atoms with van der Waals surface area (Å²) in [6, 6.07) is 3.10. The number of halogens is 2. The van der Waals surface area contributed by atoms with Crippen LogP contribution < -0.4 is 4.74 Å². The van der Waals surface area contributed by atoms with Crippen molar-refractivity contribution in [1.82, 2.24) is 9.80 Å². The van der Waals surface area contributed by atoms with Crippen LogP contribution in [0.25, 0.3) is 0 Å². The second-order valence-electron chi connectivity index (χ2n) is 6.35. The maximum absolute atomic E-state index is 13.5. The van der Waals surface area contributed by atoms with Crippen molar-refractivity contribution in [2.45, 2.75) is 31.4 Å². The van der Waals surface area contributed by atoms with Gasteiger partial charge in [0, 0.05) is 38.3 Å². The van der Waals surface area contributed by atoms with Crippen molar-refractivity contribution in [2.75, 3.05) is 32.8 Å². The van der Waals surface area contributed by atoms with Gasteiger partial charge < -0.3 is 14.7 Å². The summed E-state index contributed by atoms with van der Waals surface area (Å²) in [5.74, 6) is -1.80. The number of nitrogens with zero attached hydrogens (tertiary/aromatic N) is 2. The highest BCUT2D eigenvalue weighted by molar-refractivity contribution is 5.77. The van der Waals surface area contributed by atoms with E-state index in [0.717, 1.165) is 37.5 Å². The summed E-state index contributed by atoms with van der Waals surface area (Å²) in [5.41, 5.74) is 0. The number of carbonyl (C=O) groups excluding carboxylic acids is 1. The minimum Gasteiger partial charge on any atom is -0.481 e. The second-order valence-corrected chi connectivity index (χ2v) is 6.35. The van der Waals surface area contributed by atoms with Crippen molar-refractivity contribution in [3.05, 3.63) is 29.8 Å². The normalized spacial score (nSPS) is 25.0. The Morgan fingerprint density at radius 1 is 1.21 bits per heavy atom. The Morgan fingerprint density at radius 3 is 2.62 bits per heavy atom. The van der Waals surface area contributed by atoms with Gasteiger partial charge in [0.25, 0.3) is 5.91 Å². The molecule has 1 aliphatic carbocycles. The van der Waals surface area contributed by atoms with E-state index in [1.807, 2.05) is 0 Å². The maximum atomic E-state index is 13.5. The molecule has 3 rings (SSSR count). The molecule has 2 fully saturated rings. The molecule has 1 aliphatic heterocycles. The van der Waals surface area contributed by atoms with Crippen LogP contribution in [-0.2, 0) is 4.79 Å². The summed E-state index contributed by atoms with van der Waals surface area (Å²) in [6.45, 7) is 2.21. The number of rotatable bonds is 4. The van der Waals surface area contributed by atoms with Gasteiger partial charge in [0.05, 0.1) is 6.10 Å². The van der Waals surface area contributed by atoms with E-state index in [1.54, 1.807) is 4.90 Å². The Bertz CT molecular complexity index is 591. The van der Waals surface area contributed by atoms with E-state index in [2.05, 4.69) is 4.90 Å². The molecular weight excluding hydrogens is 318 g/mol. The first-order valence-corrected chi connectivity index (χ1v) is 8.32. The van der Waals surface area contributed by atoms with Crippen LogP contribution in [0, 0.1) is 11.6 Å². The van der Waals surface area contributed by atoms with Crippen molar-refractivity contribution in [3.8, 4) is 5.75 Å². The summed E-state index contributed by atoms with van der Waals surface area (Å²) < 4.78 is 31.7. The van der Waals surface area contributed by atoms with Crippen LogP contribution in [-0.4, -0.2) is 65.7 Å². The minimum absolute atomic E-state index is 0.194. The number of aliphatic hydroxyl groups is 1. The molecule has 7 heteroatoms. The molecule has 1 heterocycles. The quantitative estimate of drug-likeness (QED) is 0.900. The van der Waals surface area contributed by atoms with Gasteiger partial charge in [-0.1, -0.05) is 0 Å². The summed E-state index contributed by atoms with van der Waals surface area (Å²) in [4.78, 5) is 16.1. The first kappa shape index (κ1) is 17.1. The molecule has 2 aliphatic rings. The molecule has 24 heavy (non-hydrogen) atoms. The Labute approximate surface area is 139 Å². The predicted octanol–water partition coefficient (Wildman–Crippen LogP) is 1.40. The van der Waals surface area contributed by atoms with E-state index in [4.69, 9.17) is 4.74 Å². The summed E-state index contributed by atoms with van der Waals surface area (Å²) in [6.07, 6.45) is 2.61.